The summed E-state index contributed by atoms with van der Waals surface area (Å²) in [5.74, 6) is -3.21. The summed E-state index contributed by atoms with van der Waals surface area (Å²) in [6, 6.07) is 3.55. The molecule has 0 radical (unpaired) electrons. The van der Waals surface area contributed by atoms with Crippen LogP contribution in [0.25, 0.3) is 0 Å². The molecular weight excluding hydrogens is 212 g/mol. The highest BCUT2D eigenvalue weighted by molar-refractivity contribution is 5.40. The Kier molecular flexibility index (Phi) is 3.33. The van der Waals surface area contributed by atoms with E-state index in [9.17, 15) is 8.78 Å². The molecule has 1 aromatic rings. The highest BCUT2D eigenvalue weighted by atomic mass is 19.3. The van der Waals surface area contributed by atoms with Gasteiger partial charge in [0.1, 0.15) is 0 Å². The number of anilines is 1. The molecule has 16 heavy (non-hydrogen) atoms. The van der Waals surface area contributed by atoms with Crippen LogP contribution < -0.4 is 10.6 Å². The van der Waals surface area contributed by atoms with E-state index in [-0.39, 0.29) is 6.54 Å². The summed E-state index contributed by atoms with van der Waals surface area (Å²) < 4.78 is 26.9. The predicted molar refractivity (Wildman–Crippen MR) is 58.7 cm³/mol. The number of aromatic nitrogens is 1. The highest BCUT2D eigenvalue weighted by Crippen LogP contribution is 2.29. The lowest BCUT2D eigenvalue weighted by molar-refractivity contribution is -0.0678. The lowest BCUT2D eigenvalue weighted by Gasteiger charge is -2.32. The van der Waals surface area contributed by atoms with Gasteiger partial charge in [-0.2, -0.15) is 0 Å². The fourth-order valence-electron chi connectivity index (χ4n) is 1.85. The highest BCUT2D eigenvalue weighted by Gasteiger charge is 2.41. The van der Waals surface area contributed by atoms with Crippen molar-refractivity contribution in [3.05, 3.63) is 24.5 Å². The van der Waals surface area contributed by atoms with E-state index in [4.69, 9.17) is 0 Å². The molecule has 2 heterocycles. The summed E-state index contributed by atoms with van der Waals surface area (Å²) in [6.07, 6.45) is 3.79. The van der Waals surface area contributed by atoms with E-state index in [1.807, 2.05) is 0 Å². The molecule has 0 aliphatic carbocycles. The standard InChI is InChI=1S/C11H15F2N3/c12-11(13)8-15-4-1-9(11)7-16-10-2-5-14-6-3-10/h2-3,5-6,9,15H,1,4,7-8H2,(H,14,16). The van der Waals surface area contributed by atoms with Crippen LogP contribution in [0.4, 0.5) is 14.5 Å². The molecule has 3 nitrogen and oxygen atoms in total. The van der Waals surface area contributed by atoms with E-state index in [1.54, 1.807) is 24.5 Å². The number of nitrogens with one attached hydrogen (secondary N) is 2. The zero-order valence-electron chi connectivity index (χ0n) is 8.92. The molecule has 1 unspecified atom stereocenters. The summed E-state index contributed by atoms with van der Waals surface area (Å²) in [5.41, 5.74) is 0.837. The fraction of sp³-hybridized carbons (Fsp3) is 0.545. The lowest BCUT2D eigenvalue weighted by Crippen LogP contribution is -2.48. The number of alkyl halides is 2. The molecule has 1 atom stereocenters. The van der Waals surface area contributed by atoms with Gasteiger partial charge in [-0.1, -0.05) is 0 Å². The zero-order valence-corrected chi connectivity index (χ0v) is 8.92. The molecule has 0 spiro atoms. The third kappa shape index (κ3) is 2.66. The SMILES string of the molecule is FC1(F)CNCCC1CNc1ccncc1. The first-order chi connectivity index (χ1) is 7.68. The molecule has 5 heteroatoms. The Bertz CT molecular complexity index is 329. The largest absolute Gasteiger partial charge is 0.384 e. The first kappa shape index (κ1) is 11.3. The topological polar surface area (TPSA) is 37.0 Å². The van der Waals surface area contributed by atoms with Gasteiger partial charge in [0.25, 0.3) is 5.92 Å². The van der Waals surface area contributed by atoms with E-state index in [1.165, 1.54) is 0 Å². The Morgan fingerprint density at radius 2 is 2.19 bits per heavy atom. The monoisotopic (exact) mass is 227 g/mol. The molecule has 1 aromatic heterocycles. The minimum atomic E-state index is -2.61. The van der Waals surface area contributed by atoms with Crippen molar-refractivity contribution in [2.75, 3.05) is 25.0 Å². The summed E-state index contributed by atoms with van der Waals surface area (Å²) in [6.45, 7) is 0.757. The first-order valence-corrected chi connectivity index (χ1v) is 5.41. The number of hydrogen-bond donors (Lipinski definition) is 2. The van der Waals surface area contributed by atoms with E-state index in [0.717, 1.165) is 5.69 Å². The van der Waals surface area contributed by atoms with E-state index >= 15 is 0 Å². The van der Waals surface area contributed by atoms with Gasteiger partial charge in [0.15, 0.2) is 0 Å². The molecule has 2 N–H and O–H groups in total. The second-order valence-corrected chi connectivity index (χ2v) is 4.04. The van der Waals surface area contributed by atoms with Crippen molar-refractivity contribution < 1.29 is 8.78 Å². The second kappa shape index (κ2) is 4.74. The summed E-state index contributed by atoms with van der Waals surface area (Å²) in [7, 11) is 0. The molecule has 0 saturated carbocycles. The van der Waals surface area contributed by atoms with Crippen LogP contribution in [-0.4, -0.2) is 30.5 Å². The van der Waals surface area contributed by atoms with E-state index < -0.39 is 11.8 Å². The number of piperidine rings is 1. The van der Waals surface area contributed by atoms with Crippen molar-refractivity contribution in [2.45, 2.75) is 12.3 Å². The van der Waals surface area contributed by atoms with Crippen molar-refractivity contribution in [1.29, 1.82) is 0 Å². The average molecular weight is 227 g/mol. The van der Waals surface area contributed by atoms with Gasteiger partial charge in [-0.05, 0) is 25.1 Å². The van der Waals surface area contributed by atoms with Gasteiger partial charge in [0, 0.05) is 30.5 Å². The molecule has 88 valence electrons. The third-order valence-corrected chi connectivity index (χ3v) is 2.86. The number of nitrogens with zero attached hydrogens (tertiary/aromatic N) is 1. The predicted octanol–water partition coefficient (Wildman–Crippen LogP) is 1.74. The van der Waals surface area contributed by atoms with Crippen molar-refractivity contribution in [3.8, 4) is 0 Å². The third-order valence-electron chi connectivity index (χ3n) is 2.86. The molecule has 2 rings (SSSR count). The van der Waals surface area contributed by atoms with Gasteiger partial charge >= 0.3 is 0 Å². The Morgan fingerprint density at radius 3 is 2.88 bits per heavy atom. The van der Waals surface area contributed by atoms with Crippen LogP contribution in [0.15, 0.2) is 24.5 Å². The fourth-order valence-corrected chi connectivity index (χ4v) is 1.85. The molecule has 1 saturated heterocycles. The van der Waals surface area contributed by atoms with Crippen molar-refractivity contribution >= 4 is 5.69 Å². The maximum atomic E-state index is 13.5. The molecular formula is C11H15F2N3. The maximum absolute atomic E-state index is 13.5. The van der Waals surface area contributed by atoms with Crippen LogP contribution >= 0.6 is 0 Å². The lowest BCUT2D eigenvalue weighted by atomic mass is 9.94. The average Bonchev–Trinajstić information content (AvgIpc) is 2.28. The van der Waals surface area contributed by atoms with E-state index in [2.05, 4.69) is 15.6 Å². The van der Waals surface area contributed by atoms with Crippen LogP contribution in [-0.2, 0) is 0 Å². The normalized spacial score (nSPS) is 24.0. The van der Waals surface area contributed by atoms with Crippen LogP contribution in [0.3, 0.4) is 0 Å². The van der Waals surface area contributed by atoms with Gasteiger partial charge in [-0.15, -0.1) is 0 Å². The Labute approximate surface area is 93.3 Å². The molecule has 0 amide bonds. The Morgan fingerprint density at radius 1 is 1.44 bits per heavy atom. The molecule has 0 aromatic carbocycles. The maximum Gasteiger partial charge on any atom is 0.264 e. The van der Waals surface area contributed by atoms with Crippen LogP contribution in [0.2, 0.25) is 0 Å². The number of halogens is 2. The van der Waals surface area contributed by atoms with Crippen molar-refractivity contribution in [2.24, 2.45) is 5.92 Å². The Hall–Kier alpha value is -1.23. The van der Waals surface area contributed by atoms with Crippen molar-refractivity contribution in [1.82, 2.24) is 10.3 Å². The minimum Gasteiger partial charge on any atom is -0.384 e. The second-order valence-electron chi connectivity index (χ2n) is 4.04. The van der Waals surface area contributed by atoms with Crippen molar-refractivity contribution in [3.63, 3.8) is 0 Å². The number of rotatable bonds is 3. The summed E-state index contributed by atoms with van der Waals surface area (Å²) in [4.78, 5) is 3.87. The van der Waals surface area contributed by atoms with E-state index in [0.29, 0.717) is 19.5 Å². The van der Waals surface area contributed by atoms with Crippen LogP contribution in [0.1, 0.15) is 6.42 Å². The minimum absolute atomic E-state index is 0.213. The Balaban J connectivity index is 1.90. The van der Waals surface area contributed by atoms with Gasteiger partial charge in [0.2, 0.25) is 0 Å². The van der Waals surface area contributed by atoms with Gasteiger partial charge in [-0.25, -0.2) is 8.78 Å². The quantitative estimate of drug-likeness (QED) is 0.825. The molecule has 0 bridgehead atoms. The van der Waals surface area contributed by atoms with Crippen LogP contribution in [0.5, 0.6) is 0 Å². The number of hydrogen-bond acceptors (Lipinski definition) is 3. The summed E-state index contributed by atoms with van der Waals surface area (Å²) in [5, 5.41) is 5.74. The smallest absolute Gasteiger partial charge is 0.264 e. The zero-order chi connectivity index (χ0) is 11.4. The molecule has 1 aliphatic rings. The first-order valence-electron chi connectivity index (χ1n) is 5.41. The summed E-state index contributed by atoms with van der Waals surface area (Å²) >= 11 is 0. The number of pyridine rings is 1. The molecule has 1 aliphatic heterocycles. The van der Waals surface area contributed by atoms with Crippen LogP contribution in [0, 0.1) is 5.92 Å². The van der Waals surface area contributed by atoms with Gasteiger partial charge in [-0.3, -0.25) is 4.98 Å². The van der Waals surface area contributed by atoms with Gasteiger partial charge < -0.3 is 10.6 Å². The van der Waals surface area contributed by atoms with Gasteiger partial charge in [0.05, 0.1) is 6.54 Å². The molecule has 1 fully saturated rings.